The summed E-state index contributed by atoms with van der Waals surface area (Å²) in [6.45, 7) is 6.63. The van der Waals surface area contributed by atoms with E-state index in [2.05, 4.69) is 18.7 Å². The summed E-state index contributed by atoms with van der Waals surface area (Å²) in [6.07, 6.45) is 1.23. The monoisotopic (exact) mass is 249 g/mol. The van der Waals surface area contributed by atoms with Crippen LogP contribution in [0.2, 0.25) is 0 Å². The molecule has 0 saturated carbocycles. The lowest BCUT2D eigenvalue weighted by Gasteiger charge is -2.21. The molecule has 4 heteroatoms. The van der Waals surface area contributed by atoms with Gasteiger partial charge in [0.05, 0.1) is 0 Å². The summed E-state index contributed by atoms with van der Waals surface area (Å²) in [5.41, 5.74) is 0.917. The second-order valence-electron chi connectivity index (χ2n) is 5.45. The van der Waals surface area contributed by atoms with Gasteiger partial charge < -0.3 is 14.6 Å². The van der Waals surface area contributed by atoms with Gasteiger partial charge >= 0.3 is 0 Å². The predicted octanol–water partition coefficient (Wildman–Crippen LogP) is 2.35. The zero-order valence-electron chi connectivity index (χ0n) is 10.8. The highest BCUT2D eigenvalue weighted by Crippen LogP contribution is 2.38. The molecule has 0 aromatic heterocycles. The van der Waals surface area contributed by atoms with Crippen molar-refractivity contribution in [1.82, 2.24) is 4.90 Å². The number of fused-ring (bicyclic) bond motifs is 1. The van der Waals surface area contributed by atoms with Crippen molar-refractivity contribution >= 4 is 0 Å². The summed E-state index contributed by atoms with van der Waals surface area (Å²) >= 11 is 0. The second kappa shape index (κ2) is 4.35. The van der Waals surface area contributed by atoms with Gasteiger partial charge in [0.25, 0.3) is 0 Å². The molecule has 2 unspecified atom stereocenters. The number of phenols is 1. The van der Waals surface area contributed by atoms with Crippen molar-refractivity contribution in [3.63, 3.8) is 0 Å². The summed E-state index contributed by atoms with van der Waals surface area (Å²) in [6, 6.07) is 4.12. The van der Waals surface area contributed by atoms with Crippen LogP contribution in [0.3, 0.4) is 0 Å². The van der Waals surface area contributed by atoms with E-state index in [-0.39, 0.29) is 6.79 Å². The average molecular weight is 249 g/mol. The number of likely N-dealkylation sites (tertiary alicyclic amines) is 1. The molecule has 3 rings (SSSR count). The number of aromatic hydroxyl groups is 1. The Morgan fingerprint density at radius 3 is 2.67 bits per heavy atom. The summed E-state index contributed by atoms with van der Waals surface area (Å²) in [5.74, 6) is 2.41. The van der Waals surface area contributed by atoms with Crippen LogP contribution in [0, 0.1) is 5.92 Å². The Morgan fingerprint density at radius 1 is 1.28 bits per heavy atom. The van der Waals surface area contributed by atoms with Gasteiger partial charge in [-0.05, 0) is 25.3 Å². The van der Waals surface area contributed by atoms with Gasteiger partial charge in [0.15, 0.2) is 11.5 Å². The number of benzene rings is 1. The van der Waals surface area contributed by atoms with Crippen LogP contribution in [0.4, 0.5) is 0 Å². The molecule has 1 aromatic rings. The number of phenolic OH excluding ortho intramolecular Hbond substituents is 1. The number of nitrogens with zero attached hydrogens (tertiary/aromatic N) is 1. The van der Waals surface area contributed by atoms with E-state index in [4.69, 9.17) is 9.47 Å². The lowest BCUT2D eigenvalue weighted by atomic mass is 10.1. The Morgan fingerprint density at radius 2 is 2.00 bits per heavy atom. The molecule has 1 aromatic carbocycles. The molecule has 0 aliphatic carbocycles. The Kier molecular flexibility index (Phi) is 2.82. The van der Waals surface area contributed by atoms with E-state index in [0.29, 0.717) is 17.5 Å². The molecule has 0 amide bonds. The van der Waals surface area contributed by atoms with Crippen molar-refractivity contribution in [2.45, 2.75) is 32.9 Å². The van der Waals surface area contributed by atoms with Gasteiger partial charge in [-0.2, -0.15) is 0 Å². The Hall–Kier alpha value is -1.42. The number of hydrogen-bond acceptors (Lipinski definition) is 4. The predicted molar refractivity (Wildman–Crippen MR) is 67.9 cm³/mol. The lowest BCUT2D eigenvalue weighted by molar-refractivity contribution is 0.173. The maximum absolute atomic E-state index is 10.0. The van der Waals surface area contributed by atoms with Crippen LogP contribution in [-0.4, -0.2) is 29.4 Å². The van der Waals surface area contributed by atoms with Gasteiger partial charge in [-0.25, -0.2) is 0 Å². The van der Waals surface area contributed by atoms with Crippen molar-refractivity contribution in [2.75, 3.05) is 13.3 Å². The number of hydrogen-bond donors (Lipinski definition) is 1. The van der Waals surface area contributed by atoms with E-state index in [1.54, 1.807) is 6.07 Å². The van der Waals surface area contributed by atoms with Gasteiger partial charge in [0.1, 0.15) is 5.75 Å². The fourth-order valence-corrected chi connectivity index (χ4v) is 2.93. The topological polar surface area (TPSA) is 41.9 Å². The maximum Gasteiger partial charge on any atom is 0.231 e. The normalized spacial score (nSPS) is 26.8. The molecule has 2 heterocycles. The molecule has 1 saturated heterocycles. The van der Waals surface area contributed by atoms with Crippen LogP contribution in [0.5, 0.6) is 17.2 Å². The molecule has 2 aliphatic rings. The molecule has 0 spiro atoms. The highest BCUT2D eigenvalue weighted by Gasteiger charge is 2.27. The molecular formula is C14H19NO3. The van der Waals surface area contributed by atoms with Crippen molar-refractivity contribution in [1.29, 1.82) is 0 Å². The number of ether oxygens (including phenoxy) is 2. The third kappa shape index (κ3) is 2.01. The average Bonchev–Trinajstić information content (AvgIpc) is 2.86. The van der Waals surface area contributed by atoms with Crippen LogP contribution in [0.15, 0.2) is 12.1 Å². The van der Waals surface area contributed by atoms with Gasteiger partial charge in [-0.15, -0.1) is 0 Å². The van der Waals surface area contributed by atoms with Gasteiger partial charge in [-0.1, -0.05) is 6.92 Å². The Balaban J connectivity index is 1.80. The van der Waals surface area contributed by atoms with Gasteiger partial charge in [0.2, 0.25) is 6.79 Å². The maximum atomic E-state index is 10.0. The molecule has 1 fully saturated rings. The second-order valence-corrected chi connectivity index (χ2v) is 5.45. The van der Waals surface area contributed by atoms with E-state index in [1.165, 1.54) is 6.42 Å². The highest BCUT2D eigenvalue weighted by molar-refractivity contribution is 5.51. The minimum Gasteiger partial charge on any atom is -0.507 e. The molecule has 4 nitrogen and oxygen atoms in total. The highest BCUT2D eigenvalue weighted by atomic mass is 16.7. The first kappa shape index (κ1) is 11.7. The van der Waals surface area contributed by atoms with Crippen molar-refractivity contribution < 1.29 is 14.6 Å². The van der Waals surface area contributed by atoms with Crippen LogP contribution < -0.4 is 9.47 Å². The van der Waals surface area contributed by atoms with Gasteiger partial charge in [0, 0.05) is 30.8 Å². The molecular weight excluding hydrogens is 230 g/mol. The molecule has 2 aliphatic heterocycles. The molecule has 98 valence electrons. The number of rotatable bonds is 2. The van der Waals surface area contributed by atoms with Crippen LogP contribution >= 0.6 is 0 Å². The summed E-state index contributed by atoms with van der Waals surface area (Å²) in [4.78, 5) is 2.40. The molecule has 2 atom stereocenters. The first-order valence-electron chi connectivity index (χ1n) is 6.49. The zero-order chi connectivity index (χ0) is 12.7. The standard InChI is InChI=1S/C14H19NO3/c1-9-3-10(2)15(6-9)7-11-4-13-14(5-12(11)16)18-8-17-13/h4-5,9-10,16H,3,6-8H2,1-2H3. The Labute approximate surface area is 107 Å². The Bertz CT molecular complexity index is 461. The molecule has 0 radical (unpaired) electrons. The summed E-state index contributed by atoms with van der Waals surface area (Å²) in [7, 11) is 0. The van der Waals surface area contributed by atoms with Crippen molar-refractivity contribution in [3.8, 4) is 17.2 Å². The molecule has 1 N–H and O–H groups in total. The third-order valence-corrected chi connectivity index (χ3v) is 3.86. The fourth-order valence-electron chi connectivity index (χ4n) is 2.93. The quantitative estimate of drug-likeness (QED) is 0.873. The van der Waals surface area contributed by atoms with Crippen molar-refractivity contribution in [3.05, 3.63) is 17.7 Å². The van der Waals surface area contributed by atoms with E-state index in [0.717, 1.165) is 30.3 Å². The van der Waals surface area contributed by atoms with Crippen molar-refractivity contribution in [2.24, 2.45) is 5.92 Å². The van der Waals surface area contributed by atoms with E-state index in [1.807, 2.05) is 6.07 Å². The van der Waals surface area contributed by atoms with Crippen LogP contribution in [-0.2, 0) is 6.54 Å². The van der Waals surface area contributed by atoms with Crippen LogP contribution in [0.25, 0.3) is 0 Å². The smallest absolute Gasteiger partial charge is 0.231 e. The first-order chi connectivity index (χ1) is 8.63. The summed E-state index contributed by atoms with van der Waals surface area (Å²) < 4.78 is 10.6. The largest absolute Gasteiger partial charge is 0.507 e. The lowest BCUT2D eigenvalue weighted by Crippen LogP contribution is -2.26. The van der Waals surface area contributed by atoms with E-state index < -0.39 is 0 Å². The van der Waals surface area contributed by atoms with E-state index >= 15 is 0 Å². The summed E-state index contributed by atoms with van der Waals surface area (Å²) in [5, 5.41) is 10.0. The zero-order valence-corrected chi connectivity index (χ0v) is 10.8. The third-order valence-electron chi connectivity index (χ3n) is 3.86. The van der Waals surface area contributed by atoms with Gasteiger partial charge in [-0.3, -0.25) is 4.90 Å². The van der Waals surface area contributed by atoms with E-state index in [9.17, 15) is 5.11 Å². The minimum absolute atomic E-state index is 0.245. The molecule has 0 bridgehead atoms. The fraction of sp³-hybridized carbons (Fsp3) is 0.571. The van der Waals surface area contributed by atoms with Crippen LogP contribution in [0.1, 0.15) is 25.8 Å². The minimum atomic E-state index is 0.245. The molecule has 18 heavy (non-hydrogen) atoms. The SMILES string of the molecule is CC1CC(C)N(Cc2cc3c(cc2O)OCO3)C1. The first-order valence-corrected chi connectivity index (χ1v) is 6.49.